The van der Waals surface area contributed by atoms with Crippen molar-refractivity contribution >= 4 is 16.9 Å². The number of nitrogens with zero attached hydrogens (tertiary/aromatic N) is 8. The Hall–Kier alpha value is -5.01. The van der Waals surface area contributed by atoms with Crippen molar-refractivity contribution < 1.29 is 4.42 Å². The number of thiophene rings is 1. The molecule has 6 aromatic heterocycles. The number of furan rings is 1. The van der Waals surface area contributed by atoms with Crippen molar-refractivity contribution in [1.82, 2.24) is 34.3 Å². The molecule has 53 heavy (non-hydrogen) atoms. The van der Waals surface area contributed by atoms with Crippen LogP contribution in [0.25, 0.3) is 22.0 Å². The van der Waals surface area contributed by atoms with Gasteiger partial charge in [0, 0.05) is 31.3 Å². The molecule has 0 amide bonds. The first-order valence-electron chi connectivity index (χ1n) is 18.7. The molecule has 0 N–H and O–H groups in total. The smallest absolute Gasteiger partial charge is 0.153 e. The summed E-state index contributed by atoms with van der Waals surface area (Å²) in [6.45, 7) is 34.4. The van der Waals surface area contributed by atoms with Crippen molar-refractivity contribution in [2.45, 2.75) is 117 Å². The highest BCUT2D eigenvalue weighted by molar-refractivity contribution is 7.13. The lowest BCUT2D eigenvalue weighted by Gasteiger charge is -1.99. The van der Waals surface area contributed by atoms with Gasteiger partial charge >= 0.3 is 0 Å². The van der Waals surface area contributed by atoms with E-state index in [4.69, 9.17) is 9.68 Å². The number of nitriles is 1. The van der Waals surface area contributed by atoms with Crippen LogP contribution in [0.3, 0.4) is 0 Å². The predicted molar refractivity (Wildman–Crippen MR) is 229 cm³/mol. The normalized spacial score (nSPS) is 8.58. The summed E-state index contributed by atoms with van der Waals surface area (Å²) in [6, 6.07) is 15.7. The maximum atomic E-state index is 8.33. The molecule has 0 radical (unpaired) electrons. The zero-order valence-electron chi connectivity index (χ0n) is 35.6. The van der Waals surface area contributed by atoms with Crippen molar-refractivity contribution in [2.75, 3.05) is 0 Å². The van der Waals surface area contributed by atoms with E-state index >= 15 is 0 Å². The molecule has 10 heteroatoms. The topological polar surface area (TPSA) is 103 Å². The summed E-state index contributed by atoms with van der Waals surface area (Å²) in [5.74, 6) is 1.72. The van der Waals surface area contributed by atoms with Gasteiger partial charge in [0.2, 0.25) is 0 Å². The average molecular weight is 745 g/mol. The second-order valence-electron chi connectivity index (χ2n) is 9.76. The molecule has 6 aromatic rings. The third-order valence-corrected chi connectivity index (χ3v) is 6.96. The van der Waals surface area contributed by atoms with E-state index in [9.17, 15) is 0 Å². The minimum absolute atomic E-state index is 0.530. The molecule has 0 fully saturated rings. The van der Waals surface area contributed by atoms with Crippen molar-refractivity contribution in [3.63, 3.8) is 0 Å². The summed E-state index contributed by atoms with van der Waals surface area (Å²) >= 11 is 1.73. The van der Waals surface area contributed by atoms with E-state index in [0.29, 0.717) is 13.0 Å². The monoisotopic (exact) mass is 745 g/mol. The molecule has 6 heterocycles. The SMILES string of the molecule is C=C(C)c1ccco1.CC.CC.CC.CC.CC.Cc1cn(C)nc1-c1cccs1.Cc1cnn(-c2ccccn2)c1.Cc1cnn(CCC#N)c1C. The maximum absolute atomic E-state index is 8.33. The lowest BCUT2D eigenvalue weighted by molar-refractivity contribution is 0.553. The van der Waals surface area contributed by atoms with Crippen LogP contribution in [0, 0.1) is 39.0 Å². The second-order valence-corrected chi connectivity index (χ2v) is 10.7. The third-order valence-electron chi connectivity index (χ3n) is 6.09. The van der Waals surface area contributed by atoms with Crippen molar-refractivity contribution in [3.05, 3.63) is 120 Å². The fourth-order valence-electron chi connectivity index (χ4n) is 3.73. The number of pyridine rings is 1. The van der Waals surface area contributed by atoms with Gasteiger partial charge in [0.05, 0.1) is 42.6 Å². The first-order valence-corrected chi connectivity index (χ1v) is 19.6. The molecular weight excluding hydrogens is 677 g/mol. The van der Waals surface area contributed by atoms with Crippen molar-refractivity contribution in [2.24, 2.45) is 7.05 Å². The van der Waals surface area contributed by atoms with Gasteiger partial charge in [0.1, 0.15) is 11.5 Å². The quantitative estimate of drug-likeness (QED) is 0.174. The molecule has 0 saturated heterocycles. The first kappa shape index (κ1) is 52.4. The Balaban J connectivity index is -0.000000586. The zero-order chi connectivity index (χ0) is 41.2. The standard InChI is InChI=1S/C9H9N3.C9H10N2S.C8H11N3.C7H8O.5C2H6/c1-8-6-11-12(7-8)9-4-2-3-5-10-9;1-7-6-11(2)10-9(7)8-4-3-5-12-8;1-7-6-10-11(8(7)2)5-3-4-9;1-6(2)7-4-3-5-8-7;5*1-2/h2-7H,1H3;3-6H,1-2H3;6H,3,5H2,1-2H3;3-5H,1H2,2H3;5*1-2H3. The van der Waals surface area contributed by atoms with Crippen LogP contribution in [0.5, 0.6) is 0 Å². The zero-order valence-corrected chi connectivity index (χ0v) is 36.4. The summed E-state index contributed by atoms with van der Waals surface area (Å²) < 4.78 is 10.5. The molecule has 0 bridgehead atoms. The number of allylic oxidation sites excluding steroid dienone is 1. The number of hydrogen-bond acceptors (Lipinski definition) is 7. The molecule has 0 unspecified atom stereocenters. The van der Waals surface area contributed by atoms with Crippen LogP contribution in [0.2, 0.25) is 0 Å². The van der Waals surface area contributed by atoms with Gasteiger partial charge in [-0.05, 0) is 92.6 Å². The molecule has 0 spiro atoms. The Morgan fingerprint density at radius 3 is 1.87 bits per heavy atom. The number of aromatic nitrogens is 7. The lowest BCUT2D eigenvalue weighted by Crippen LogP contribution is -2.01. The number of hydrogen-bond donors (Lipinski definition) is 0. The van der Waals surface area contributed by atoms with Gasteiger partial charge in [-0.15, -0.1) is 11.3 Å². The minimum atomic E-state index is 0.530. The molecule has 0 aliphatic carbocycles. The van der Waals surface area contributed by atoms with Crippen LogP contribution in [0.1, 0.15) is 111 Å². The van der Waals surface area contributed by atoms with E-state index in [1.807, 2.05) is 175 Å². The van der Waals surface area contributed by atoms with E-state index in [1.165, 1.54) is 16.0 Å². The molecule has 292 valence electrons. The Labute approximate surface area is 326 Å². The van der Waals surface area contributed by atoms with Crippen LogP contribution in [0.4, 0.5) is 0 Å². The Morgan fingerprint density at radius 1 is 0.830 bits per heavy atom. The predicted octanol–water partition coefficient (Wildman–Crippen LogP) is 12.9. The lowest BCUT2D eigenvalue weighted by atomic mass is 10.2. The van der Waals surface area contributed by atoms with Gasteiger partial charge < -0.3 is 4.42 Å². The van der Waals surface area contributed by atoms with Crippen LogP contribution >= 0.6 is 11.3 Å². The van der Waals surface area contributed by atoms with Gasteiger partial charge in [0.25, 0.3) is 0 Å². The minimum Gasteiger partial charge on any atom is -0.465 e. The summed E-state index contributed by atoms with van der Waals surface area (Å²) in [6.07, 6.45) is 11.6. The number of aryl methyl sites for hydroxylation is 5. The summed E-state index contributed by atoms with van der Waals surface area (Å²) in [5, 5.41) is 23.0. The van der Waals surface area contributed by atoms with Crippen LogP contribution in [-0.2, 0) is 13.6 Å². The molecule has 9 nitrogen and oxygen atoms in total. The fourth-order valence-corrected chi connectivity index (χ4v) is 4.51. The molecule has 0 aliphatic rings. The van der Waals surface area contributed by atoms with Crippen molar-refractivity contribution in [1.29, 1.82) is 5.26 Å². The van der Waals surface area contributed by atoms with Gasteiger partial charge in [-0.1, -0.05) is 87.9 Å². The highest BCUT2D eigenvalue weighted by atomic mass is 32.1. The van der Waals surface area contributed by atoms with E-state index in [2.05, 4.69) is 51.3 Å². The molecule has 0 aromatic carbocycles. The fraction of sp³-hybridized carbons (Fsp3) is 0.419. The van der Waals surface area contributed by atoms with E-state index in [-0.39, 0.29) is 0 Å². The highest BCUT2D eigenvalue weighted by Crippen LogP contribution is 2.25. The van der Waals surface area contributed by atoms with Gasteiger partial charge in [-0.2, -0.15) is 20.6 Å². The van der Waals surface area contributed by atoms with E-state index in [1.54, 1.807) is 28.5 Å². The molecule has 0 saturated carbocycles. The van der Waals surface area contributed by atoms with E-state index in [0.717, 1.165) is 34.1 Å². The molecule has 0 aliphatic heterocycles. The molecular formula is C43H68N8OS. The van der Waals surface area contributed by atoms with Gasteiger partial charge in [0.15, 0.2) is 5.82 Å². The van der Waals surface area contributed by atoms with Crippen LogP contribution < -0.4 is 0 Å². The first-order chi connectivity index (χ1) is 25.7. The molecule has 0 atom stereocenters. The highest BCUT2D eigenvalue weighted by Gasteiger charge is 2.06. The Bertz CT molecular complexity index is 1710. The third kappa shape index (κ3) is 21.2. The average Bonchev–Trinajstić information content (AvgIpc) is 4.08. The Morgan fingerprint density at radius 2 is 1.49 bits per heavy atom. The van der Waals surface area contributed by atoms with Crippen molar-refractivity contribution in [3.8, 4) is 22.5 Å². The summed E-state index contributed by atoms with van der Waals surface area (Å²) in [5.41, 5.74) is 6.78. The van der Waals surface area contributed by atoms with Gasteiger partial charge in [-0.25, -0.2) is 9.67 Å². The summed E-state index contributed by atoms with van der Waals surface area (Å²) in [4.78, 5) is 5.41. The van der Waals surface area contributed by atoms with Gasteiger partial charge in [-0.3, -0.25) is 9.36 Å². The summed E-state index contributed by atoms with van der Waals surface area (Å²) in [7, 11) is 1.95. The second kappa shape index (κ2) is 34.1. The van der Waals surface area contributed by atoms with Crippen LogP contribution in [-0.4, -0.2) is 34.3 Å². The molecule has 6 rings (SSSR count). The van der Waals surface area contributed by atoms with Crippen LogP contribution in [0.15, 0.2) is 96.1 Å². The number of rotatable bonds is 5. The maximum Gasteiger partial charge on any atom is 0.153 e. The van der Waals surface area contributed by atoms with E-state index < -0.39 is 0 Å². The Kier molecular flexibility index (Phi) is 33.7. The largest absolute Gasteiger partial charge is 0.465 e.